The van der Waals surface area contributed by atoms with Gasteiger partial charge in [-0.1, -0.05) is 18.2 Å². The Morgan fingerprint density at radius 1 is 1.04 bits per heavy atom. The number of hydrogen-bond acceptors (Lipinski definition) is 3. The van der Waals surface area contributed by atoms with Gasteiger partial charge in [0.1, 0.15) is 0 Å². The molecule has 0 aromatic heterocycles. The third kappa shape index (κ3) is 4.32. The third-order valence-electron chi connectivity index (χ3n) is 3.42. The Morgan fingerprint density at radius 3 is 2.00 bits per heavy atom. The number of aryl methyl sites for hydroxylation is 2. The molecule has 0 amide bonds. The fourth-order valence-corrected chi connectivity index (χ4v) is 3.29. The average molecular weight is 333 g/mol. The number of aromatic carboxylic acids is 1. The molecule has 0 atom stereocenters. The molecule has 0 aliphatic heterocycles. The van der Waals surface area contributed by atoms with E-state index in [1.165, 1.54) is 16.4 Å². The Kier molecular flexibility index (Phi) is 4.75. The second-order valence-electron chi connectivity index (χ2n) is 5.62. The van der Waals surface area contributed by atoms with Crippen molar-refractivity contribution in [2.45, 2.75) is 20.4 Å². The first-order valence-electron chi connectivity index (χ1n) is 7.05. The molecule has 0 heterocycles. The summed E-state index contributed by atoms with van der Waals surface area (Å²) < 4.78 is 25.7. The summed E-state index contributed by atoms with van der Waals surface area (Å²) >= 11 is 0. The largest absolute Gasteiger partial charge is 0.478 e. The monoisotopic (exact) mass is 333 g/mol. The number of rotatable bonds is 5. The van der Waals surface area contributed by atoms with Crippen molar-refractivity contribution in [2.75, 3.05) is 10.6 Å². The Bertz CT molecular complexity index is 806. The highest BCUT2D eigenvalue weighted by Gasteiger charge is 2.18. The number of carboxylic acids is 1. The maximum atomic E-state index is 12.2. The molecule has 0 saturated carbocycles. The molecule has 0 aliphatic carbocycles. The minimum absolute atomic E-state index is 0.154. The molecule has 0 fully saturated rings. The van der Waals surface area contributed by atoms with E-state index in [4.69, 9.17) is 5.11 Å². The predicted molar refractivity (Wildman–Crippen MR) is 90.3 cm³/mol. The molecule has 0 unspecified atom stereocenters. The van der Waals surface area contributed by atoms with Crippen LogP contribution in [0.2, 0.25) is 0 Å². The lowest BCUT2D eigenvalue weighted by Gasteiger charge is -2.23. The molecule has 23 heavy (non-hydrogen) atoms. The molecular formula is C17H19NO4S. The van der Waals surface area contributed by atoms with Crippen molar-refractivity contribution in [3.63, 3.8) is 0 Å². The van der Waals surface area contributed by atoms with Gasteiger partial charge in [-0.2, -0.15) is 0 Å². The van der Waals surface area contributed by atoms with Gasteiger partial charge in [-0.15, -0.1) is 0 Å². The second kappa shape index (κ2) is 6.42. The number of benzene rings is 2. The van der Waals surface area contributed by atoms with E-state index in [1.54, 1.807) is 12.1 Å². The molecule has 0 spiro atoms. The molecule has 5 nitrogen and oxygen atoms in total. The molecule has 2 aromatic carbocycles. The van der Waals surface area contributed by atoms with Gasteiger partial charge in [0.25, 0.3) is 0 Å². The van der Waals surface area contributed by atoms with Gasteiger partial charge < -0.3 is 5.11 Å². The number of anilines is 1. The second-order valence-corrected chi connectivity index (χ2v) is 7.52. The van der Waals surface area contributed by atoms with Crippen LogP contribution in [0.5, 0.6) is 0 Å². The van der Waals surface area contributed by atoms with Crippen LogP contribution in [-0.4, -0.2) is 25.7 Å². The van der Waals surface area contributed by atoms with Crippen LogP contribution in [0.1, 0.15) is 27.0 Å². The quantitative estimate of drug-likeness (QED) is 0.913. The van der Waals surface area contributed by atoms with E-state index < -0.39 is 16.0 Å². The molecular weight excluding hydrogens is 314 g/mol. The molecule has 0 aliphatic rings. The lowest BCUT2D eigenvalue weighted by atomic mass is 10.1. The zero-order valence-electron chi connectivity index (χ0n) is 13.3. The highest BCUT2D eigenvalue weighted by Crippen LogP contribution is 2.23. The van der Waals surface area contributed by atoms with Crippen molar-refractivity contribution < 1.29 is 18.3 Å². The Hall–Kier alpha value is -2.34. The smallest absolute Gasteiger partial charge is 0.335 e. The number of carbonyl (C=O) groups is 1. The summed E-state index contributed by atoms with van der Waals surface area (Å²) in [5.74, 6) is -1.01. The van der Waals surface area contributed by atoms with Crippen LogP contribution in [0.3, 0.4) is 0 Å². The zero-order valence-corrected chi connectivity index (χ0v) is 14.1. The zero-order chi connectivity index (χ0) is 17.2. The first-order chi connectivity index (χ1) is 10.7. The van der Waals surface area contributed by atoms with Gasteiger partial charge in [0, 0.05) is 0 Å². The van der Waals surface area contributed by atoms with Crippen molar-refractivity contribution in [3.8, 4) is 0 Å². The van der Waals surface area contributed by atoms with E-state index in [0.717, 1.165) is 22.9 Å². The van der Waals surface area contributed by atoms with Crippen molar-refractivity contribution in [1.82, 2.24) is 0 Å². The summed E-state index contributed by atoms with van der Waals surface area (Å²) in [4.78, 5) is 10.9. The Morgan fingerprint density at radius 2 is 1.57 bits per heavy atom. The topological polar surface area (TPSA) is 74.7 Å². The molecule has 0 saturated heterocycles. The minimum Gasteiger partial charge on any atom is -0.478 e. The summed E-state index contributed by atoms with van der Waals surface area (Å²) in [6.45, 7) is 3.98. The van der Waals surface area contributed by atoms with Gasteiger partial charge in [-0.05, 0) is 54.8 Å². The normalized spacial score (nSPS) is 11.3. The van der Waals surface area contributed by atoms with Crippen LogP contribution >= 0.6 is 0 Å². The van der Waals surface area contributed by atoms with E-state index in [-0.39, 0.29) is 12.1 Å². The first kappa shape index (κ1) is 17.0. The predicted octanol–water partition coefficient (Wildman–Crippen LogP) is 2.97. The number of hydrogen-bond donors (Lipinski definition) is 1. The molecule has 1 N–H and O–H groups in total. The van der Waals surface area contributed by atoms with Gasteiger partial charge in [0.2, 0.25) is 10.0 Å². The SMILES string of the molecule is Cc1cc(C)cc(N(Cc2ccc(C(=O)O)cc2)S(C)(=O)=O)c1. The standard InChI is InChI=1S/C17H19NO4S/c1-12-8-13(2)10-16(9-12)18(23(3,21)22)11-14-4-6-15(7-5-14)17(19)20/h4-10H,11H2,1-3H3,(H,19,20). The molecule has 0 bridgehead atoms. The highest BCUT2D eigenvalue weighted by atomic mass is 32.2. The Balaban J connectivity index is 2.38. The lowest BCUT2D eigenvalue weighted by Crippen LogP contribution is -2.29. The summed E-state index contributed by atoms with van der Waals surface area (Å²) in [6.07, 6.45) is 1.16. The fraction of sp³-hybridized carbons (Fsp3) is 0.235. The van der Waals surface area contributed by atoms with E-state index in [1.807, 2.05) is 32.0 Å². The molecule has 122 valence electrons. The van der Waals surface area contributed by atoms with Crippen LogP contribution in [0.15, 0.2) is 42.5 Å². The van der Waals surface area contributed by atoms with Crippen molar-refractivity contribution in [1.29, 1.82) is 0 Å². The lowest BCUT2D eigenvalue weighted by molar-refractivity contribution is 0.0697. The van der Waals surface area contributed by atoms with Gasteiger partial charge in [0.15, 0.2) is 0 Å². The van der Waals surface area contributed by atoms with Crippen LogP contribution in [0.4, 0.5) is 5.69 Å². The van der Waals surface area contributed by atoms with Crippen LogP contribution in [-0.2, 0) is 16.6 Å². The summed E-state index contributed by atoms with van der Waals surface area (Å²) in [5.41, 5.74) is 3.46. The van der Waals surface area contributed by atoms with Gasteiger partial charge in [-0.3, -0.25) is 4.31 Å². The maximum Gasteiger partial charge on any atom is 0.335 e. The molecule has 2 aromatic rings. The van der Waals surface area contributed by atoms with E-state index in [2.05, 4.69) is 0 Å². The summed E-state index contributed by atoms with van der Waals surface area (Å²) in [6, 6.07) is 11.8. The van der Waals surface area contributed by atoms with Gasteiger partial charge in [-0.25, -0.2) is 13.2 Å². The van der Waals surface area contributed by atoms with Gasteiger partial charge in [0.05, 0.1) is 24.1 Å². The first-order valence-corrected chi connectivity index (χ1v) is 8.90. The number of sulfonamides is 1. The summed E-state index contributed by atoms with van der Waals surface area (Å²) in [7, 11) is -3.46. The van der Waals surface area contributed by atoms with Crippen LogP contribution < -0.4 is 4.31 Å². The summed E-state index contributed by atoms with van der Waals surface area (Å²) in [5, 5.41) is 8.92. The fourth-order valence-electron chi connectivity index (χ4n) is 2.41. The van der Waals surface area contributed by atoms with Crippen molar-refractivity contribution >= 4 is 21.7 Å². The van der Waals surface area contributed by atoms with Crippen LogP contribution in [0.25, 0.3) is 0 Å². The molecule has 2 rings (SSSR count). The average Bonchev–Trinajstić information content (AvgIpc) is 2.42. The molecule has 6 heteroatoms. The third-order valence-corrected chi connectivity index (χ3v) is 4.56. The Labute approximate surface area is 136 Å². The van der Waals surface area contributed by atoms with E-state index >= 15 is 0 Å². The van der Waals surface area contributed by atoms with Gasteiger partial charge >= 0.3 is 5.97 Å². The van der Waals surface area contributed by atoms with E-state index in [9.17, 15) is 13.2 Å². The highest BCUT2D eigenvalue weighted by molar-refractivity contribution is 7.92. The van der Waals surface area contributed by atoms with Crippen molar-refractivity contribution in [3.05, 3.63) is 64.7 Å². The number of nitrogens with zero attached hydrogens (tertiary/aromatic N) is 1. The van der Waals surface area contributed by atoms with Crippen LogP contribution in [0, 0.1) is 13.8 Å². The molecule has 0 radical (unpaired) electrons. The maximum absolute atomic E-state index is 12.2. The number of carboxylic acid groups (broad SMARTS) is 1. The van der Waals surface area contributed by atoms with Crippen molar-refractivity contribution in [2.24, 2.45) is 0 Å². The minimum atomic E-state index is -3.46. The van der Waals surface area contributed by atoms with E-state index in [0.29, 0.717) is 5.69 Å².